The predicted molar refractivity (Wildman–Crippen MR) is 12.2 cm³/mol. The molecule has 24 valence electrons. The average Bonchev–Trinajstić information content (AvgIpc) is 1.00. The SMILES string of the molecule is [Cu].[In].[O]=[Sn]. The van der Waals surface area contributed by atoms with E-state index in [-0.39, 0.29) is 42.9 Å². The summed E-state index contributed by atoms with van der Waals surface area (Å²) in [7, 11) is 0. The van der Waals surface area contributed by atoms with Gasteiger partial charge in [-0.2, -0.15) is 0 Å². The van der Waals surface area contributed by atoms with Crippen LogP contribution in [0, 0.1) is 0 Å². The normalized spacial score (nSPS) is 1.00. The van der Waals surface area contributed by atoms with Gasteiger partial charge in [0.25, 0.3) is 0 Å². The second-order valence-electron chi connectivity index (χ2n) is 0. The van der Waals surface area contributed by atoms with Crippen molar-refractivity contribution in [2.75, 3.05) is 0 Å². The van der Waals surface area contributed by atoms with Crippen LogP contribution in [-0.4, -0.2) is 48.4 Å². The van der Waals surface area contributed by atoms with E-state index in [1.165, 1.54) is 0 Å². The molecule has 0 rings (SSSR count). The number of hydrogen-bond donors (Lipinski definition) is 0. The van der Waals surface area contributed by atoms with Crippen molar-refractivity contribution in [1.29, 1.82) is 0 Å². The van der Waals surface area contributed by atoms with Crippen LogP contribution in [-0.2, 0) is 20.1 Å². The molecule has 0 aliphatic rings. The average molecular weight is 313 g/mol. The fourth-order valence-electron chi connectivity index (χ4n) is 0. The van der Waals surface area contributed by atoms with Crippen LogP contribution in [0.1, 0.15) is 0 Å². The summed E-state index contributed by atoms with van der Waals surface area (Å²) >= 11 is 0.300. The fraction of sp³-hybridized carbons (Fsp3) is 0. The van der Waals surface area contributed by atoms with E-state index in [2.05, 4.69) is 0 Å². The first-order valence-electron chi connectivity index (χ1n) is 0.204. The van der Waals surface area contributed by atoms with E-state index in [9.17, 15) is 0 Å². The van der Waals surface area contributed by atoms with Crippen LogP contribution < -0.4 is 0 Å². The molecule has 6 radical (unpaired) electrons. The van der Waals surface area contributed by atoms with Crippen molar-refractivity contribution in [2.24, 2.45) is 0 Å². The monoisotopic (exact) mass is 314 g/mol. The van der Waals surface area contributed by atoms with Gasteiger partial charge in [-0.15, -0.1) is 0 Å². The van der Waals surface area contributed by atoms with Crippen LogP contribution in [0.5, 0.6) is 0 Å². The minimum atomic E-state index is 0. The maximum atomic E-state index is 8.34. The molecule has 4 heavy (non-hydrogen) atoms. The maximum absolute atomic E-state index is 8.34. The first-order chi connectivity index (χ1) is 1.00. The Morgan fingerprint density at radius 1 is 1.25 bits per heavy atom. The molecule has 0 saturated heterocycles. The summed E-state index contributed by atoms with van der Waals surface area (Å²) in [6.07, 6.45) is 0. The Kier molecular flexibility index (Phi) is 83.7. The zero-order valence-electron chi connectivity index (χ0n) is 1.79. The zero-order valence-corrected chi connectivity index (χ0v) is 8.88. The van der Waals surface area contributed by atoms with E-state index in [1.54, 1.807) is 0 Å². The molecule has 0 spiro atoms. The van der Waals surface area contributed by atoms with E-state index in [0.29, 0.717) is 22.5 Å². The van der Waals surface area contributed by atoms with Gasteiger partial charge >= 0.3 is 25.6 Å². The molecule has 0 fully saturated rings. The van der Waals surface area contributed by atoms with Gasteiger partial charge in [-0.05, 0) is 0 Å². The number of hydrogen-bond acceptors (Lipinski definition) is 1. The molecule has 0 atom stereocenters. The van der Waals surface area contributed by atoms with Gasteiger partial charge in [0.05, 0.1) is 0 Å². The van der Waals surface area contributed by atoms with Crippen molar-refractivity contribution in [3.05, 3.63) is 0 Å². The fourth-order valence-corrected chi connectivity index (χ4v) is 0. The van der Waals surface area contributed by atoms with Crippen LogP contribution in [0.4, 0.5) is 0 Å². The summed E-state index contributed by atoms with van der Waals surface area (Å²) in [5, 5.41) is 0. The molecule has 0 saturated carbocycles. The quantitative estimate of drug-likeness (QED) is 0.531. The first-order valence-corrected chi connectivity index (χ1v) is 1.37. The molecule has 0 N–H and O–H groups in total. The van der Waals surface area contributed by atoms with Crippen molar-refractivity contribution in [1.82, 2.24) is 0 Å². The molecule has 0 aromatic rings. The standard InChI is InChI=1S/Cu.In.O.Sn. The van der Waals surface area contributed by atoms with Crippen molar-refractivity contribution in [3.63, 3.8) is 0 Å². The minimum absolute atomic E-state index is 0. The second-order valence-corrected chi connectivity index (χ2v) is 0. The number of rotatable bonds is 0. The summed E-state index contributed by atoms with van der Waals surface area (Å²) in [6.45, 7) is 0. The molecule has 0 bridgehead atoms. The van der Waals surface area contributed by atoms with Crippen LogP contribution in [0.15, 0.2) is 0 Å². The van der Waals surface area contributed by atoms with E-state index in [1.807, 2.05) is 0 Å². The van der Waals surface area contributed by atoms with Gasteiger partial charge in [-0.1, -0.05) is 0 Å². The molecule has 1 nitrogen and oxygen atoms in total. The van der Waals surface area contributed by atoms with E-state index in [0.717, 1.165) is 0 Å². The van der Waals surface area contributed by atoms with Crippen molar-refractivity contribution < 1.29 is 20.1 Å². The van der Waals surface area contributed by atoms with Gasteiger partial charge in [0.1, 0.15) is 0 Å². The second kappa shape index (κ2) is 20.1. The van der Waals surface area contributed by atoms with Crippen LogP contribution in [0.3, 0.4) is 0 Å². The predicted octanol–water partition coefficient (Wildman–Crippen LogP) is -0.883. The van der Waals surface area contributed by atoms with Gasteiger partial charge < -0.3 is 0 Å². The van der Waals surface area contributed by atoms with Crippen LogP contribution >= 0.6 is 0 Å². The molecule has 0 aromatic heterocycles. The van der Waals surface area contributed by atoms with Gasteiger partial charge in [0.15, 0.2) is 0 Å². The topological polar surface area (TPSA) is 17.1 Å². The first kappa shape index (κ1) is 16.7. The third kappa shape index (κ3) is 9.01. The molecule has 0 aromatic carbocycles. The molecule has 4 heteroatoms. The van der Waals surface area contributed by atoms with Crippen LogP contribution in [0.2, 0.25) is 0 Å². The van der Waals surface area contributed by atoms with E-state index >= 15 is 0 Å². The summed E-state index contributed by atoms with van der Waals surface area (Å²) in [4.78, 5) is 0. The van der Waals surface area contributed by atoms with Gasteiger partial charge in [-0.25, -0.2) is 0 Å². The van der Waals surface area contributed by atoms with Gasteiger partial charge in [0, 0.05) is 42.9 Å². The zero-order chi connectivity index (χ0) is 2.00. The molecule has 0 aliphatic carbocycles. The Hall–Kier alpha value is 1.99. The Bertz CT molecular complexity index is 8.00. The van der Waals surface area contributed by atoms with Crippen molar-refractivity contribution in [2.45, 2.75) is 0 Å². The third-order valence-corrected chi connectivity index (χ3v) is 0. The summed E-state index contributed by atoms with van der Waals surface area (Å²) < 4.78 is 8.34. The summed E-state index contributed by atoms with van der Waals surface area (Å²) in [5.74, 6) is 0. The molecule has 0 aliphatic heterocycles. The van der Waals surface area contributed by atoms with Gasteiger partial charge in [0.2, 0.25) is 0 Å². The molecule has 0 unspecified atom stereocenters. The van der Waals surface area contributed by atoms with Gasteiger partial charge in [-0.3, -0.25) is 0 Å². The van der Waals surface area contributed by atoms with E-state index in [4.69, 9.17) is 3.08 Å². The molecule has 0 heterocycles. The Labute approximate surface area is 67.6 Å². The van der Waals surface area contributed by atoms with Crippen molar-refractivity contribution >= 4 is 48.4 Å². The summed E-state index contributed by atoms with van der Waals surface area (Å²) in [5.41, 5.74) is 0. The molecule has 0 amide bonds. The Morgan fingerprint density at radius 2 is 1.25 bits per heavy atom. The van der Waals surface area contributed by atoms with E-state index < -0.39 is 0 Å². The Morgan fingerprint density at radius 3 is 1.25 bits per heavy atom. The van der Waals surface area contributed by atoms with Crippen molar-refractivity contribution in [3.8, 4) is 0 Å². The molecular formula is CuInOSn. The van der Waals surface area contributed by atoms with Crippen LogP contribution in [0.25, 0.3) is 0 Å². The summed E-state index contributed by atoms with van der Waals surface area (Å²) in [6, 6.07) is 0. The Balaban J connectivity index is -0.00000000500. The third-order valence-electron chi connectivity index (χ3n) is 0. The molecular weight excluding hydrogens is 313 g/mol.